The highest BCUT2D eigenvalue weighted by Gasteiger charge is 1.95. The Bertz CT molecular complexity index is 52.6. The first-order valence-electron chi connectivity index (χ1n) is 3.49. The lowest BCUT2D eigenvalue weighted by atomic mass is 10.0. The van der Waals surface area contributed by atoms with Crippen LogP contribution in [0.5, 0.6) is 0 Å². The molecule has 0 aliphatic rings. The van der Waals surface area contributed by atoms with Crippen molar-refractivity contribution in [1.82, 2.24) is 0 Å². The molecule has 0 aromatic heterocycles. The largest absolute Gasteiger partial charge is 0.0919 e. The van der Waals surface area contributed by atoms with E-state index >= 15 is 0 Å². The van der Waals surface area contributed by atoms with Crippen LogP contribution in [0, 0.1) is 5.41 Å². The van der Waals surface area contributed by atoms with E-state index in [-0.39, 0.29) is 7.43 Å². The number of hydrogen-bond acceptors (Lipinski definition) is 0. The zero-order valence-electron chi connectivity index (χ0n) is 7.65. The Morgan fingerprint density at radius 1 is 0.800 bits per heavy atom. The molecule has 0 atom stereocenters. The number of rotatable bonds is 0. The van der Waals surface area contributed by atoms with Gasteiger partial charge in [-0.05, 0) is 19.3 Å². The van der Waals surface area contributed by atoms with Gasteiger partial charge < -0.3 is 0 Å². The van der Waals surface area contributed by atoms with Crippen molar-refractivity contribution in [2.45, 2.75) is 49.0 Å². The Morgan fingerprint density at radius 3 is 0.900 bits per heavy atom. The predicted octanol–water partition coefficient (Wildman–Crippen LogP) is 4.27. The Labute approximate surface area is 67.3 Å². The second-order valence-corrected chi connectivity index (χ2v) is 3.67. The highest BCUT2D eigenvalue weighted by Crippen LogP contribution is 2.07. The van der Waals surface area contributed by atoms with Gasteiger partial charge in [0, 0.05) is 0 Å². The molecular weight excluding hydrogens is 120 g/mol. The van der Waals surface area contributed by atoms with Crippen LogP contribution in [-0.4, -0.2) is 0 Å². The Kier molecular flexibility index (Phi) is 14.3. The van der Waals surface area contributed by atoms with Crippen LogP contribution >= 0.6 is 0 Å². The Hall–Kier alpha value is -0.260. The van der Waals surface area contributed by atoms with E-state index in [4.69, 9.17) is 0 Å². The van der Waals surface area contributed by atoms with Crippen LogP contribution in [0.2, 0.25) is 0 Å². The molecule has 0 saturated carbocycles. The zero-order chi connectivity index (χ0) is 7.91. The molecule has 0 aromatic carbocycles. The fraction of sp³-hybridized carbons (Fsp3) is 0.800. The van der Waals surface area contributed by atoms with Crippen LogP contribution in [0.3, 0.4) is 0 Å². The minimum atomic E-state index is 0. The molecule has 0 saturated heterocycles. The summed E-state index contributed by atoms with van der Waals surface area (Å²) in [5.74, 6) is 0. The minimum absolute atomic E-state index is 0. The molecule has 0 aliphatic carbocycles. The maximum atomic E-state index is 2.19. The summed E-state index contributed by atoms with van der Waals surface area (Å²) >= 11 is 0. The molecule has 0 aromatic rings. The molecule has 0 nitrogen and oxygen atoms in total. The molecule has 64 valence electrons. The van der Waals surface area contributed by atoms with E-state index < -0.39 is 0 Å². The highest BCUT2D eigenvalue weighted by molar-refractivity contribution is 4.68. The standard InChI is InChI=1S/C5H12.C4H8.CH4/c1-5(2,3)4;1-3-4-2;/h1-4H3;3-4H,1-2H3;1H4. The van der Waals surface area contributed by atoms with Gasteiger partial charge >= 0.3 is 0 Å². The molecule has 0 fully saturated rings. The van der Waals surface area contributed by atoms with Crippen molar-refractivity contribution in [3.05, 3.63) is 12.2 Å². The Morgan fingerprint density at radius 2 is 0.900 bits per heavy atom. The van der Waals surface area contributed by atoms with Crippen molar-refractivity contribution >= 4 is 0 Å². The average Bonchev–Trinajstić information content (AvgIpc) is 1.61. The van der Waals surface area contributed by atoms with Crippen molar-refractivity contribution in [1.29, 1.82) is 0 Å². The van der Waals surface area contributed by atoms with E-state index in [2.05, 4.69) is 27.7 Å². The van der Waals surface area contributed by atoms with Gasteiger partial charge in [-0.25, -0.2) is 0 Å². The van der Waals surface area contributed by atoms with E-state index in [0.717, 1.165) is 0 Å². The fourth-order valence-corrected chi connectivity index (χ4v) is 0. The van der Waals surface area contributed by atoms with Crippen molar-refractivity contribution in [3.63, 3.8) is 0 Å². The lowest BCUT2D eigenvalue weighted by molar-refractivity contribution is 0.469. The molecular formula is C10H24. The Balaban J connectivity index is -0.0000000910. The normalized spacial score (nSPS) is 9.80. The van der Waals surface area contributed by atoms with Crippen LogP contribution in [0.25, 0.3) is 0 Å². The summed E-state index contributed by atoms with van der Waals surface area (Å²) in [5.41, 5.74) is 0.500. The molecule has 0 aliphatic heterocycles. The molecule has 0 rings (SSSR count). The molecule has 0 N–H and O–H groups in total. The first kappa shape index (κ1) is 16.4. The summed E-state index contributed by atoms with van der Waals surface area (Å²) in [7, 11) is 0. The smallest absolute Gasteiger partial charge is 0.0411 e. The molecule has 0 bridgehead atoms. The quantitative estimate of drug-likeness (QED) is 0.445. The van der Waals surface area contributed by atoms with Crippen LogP contribution in [-0.2, 0) is 0 Å². The lowest BCUT2D eigenvalue weighted by Gasteiger charge is -2.05. The number of hydrogen-bond donors (Lipinski definition) is 0. The van der Waals surface area contributed by atoms with Crippen LogP contribution in [0.15, 0.2) is 12.2 Å². The van der Waals surface area contributed by atoms with E-state index in [9.17, 15) is 0 Å². The summed E-state index contributed by atoms with van der Waals surface area (Å²) in [5, 5.41) is 0. The summed E-state index contributed by atoms with van der Waals surface area (Å²) in [6.45, 7) is 12.8. The maximum absolute atomic E-state index is 2.19. The second-order valence-electron chi connectivity index (χ2n) is 3.67. The van der Waals surface area contributed by atoms with Gasteiger partial charge in [-0.2, -0.15) is 0 Å². The van der Waals surface area contributed by atoms with Gasteiger partial charge in [-0.3, -0.25) is 0 Å². The summed E-state index contributed by atoms with van der Waals surface area (Å²) < 4.78 is 0. The van der Waals surface area contributed by atoms with Crippen LogP contribution in [0.4, 0.5) is 0 Å². The number of allylic oxidation sites excluding steroid dienone is 2. The first-order valence-corrected chi connectivity index (χ1v) is 3.49. The average molecular weight is 144 g/mol. The third-order valence-corrected chi connectivity index (χ3v) is 0.333. The molecule has 0 amide bonds. The summed E-state index contributed by atoms with van der Waals surface area (Å²) in [4.78, 5) is 0. The molecule has 10 heavy (non-hydrogen) atoms. The molecule has 0 spiro atoms. The van der Waals surface area contributed by atoms with Gasteiger partial charge in [0.15, 0.2) is 0 Å². The lowest BCUT2D eigenvalue weighted by Crippen LogP contribution is -1.93. The van der Waals surface area contributed by atoms with Crippen molar-refractivity contribution < 1.29 is 0 Å². The van der Waals surface area contributed by atoms with Gasteiger partial charge in [0.05, 0.1) is 0 Å². The maximum Gasteiger partial charge on any atom is -0.0411 e. The topological polar surface area (TPSA) is 0 Å². The van der Waals surface area contributed by atoms with Gasteiger partial charge in [0.2, 0.25) is 0 Å². The molecule has 0 heteroatoms. The predicted molar refractivity (Wildman–Crippen MR) is 52.3 cm³/mol. The first-order chi connectivity index (χ1) is 3.91. The van der Waals surface area contributed by atoms with Gasteiger partial charge in [-0.15, -0.1) is 0 Å². The van der Waals surface area contributed by atoms with E-state index in [0.29, 0.717) is 5.41 Å². The van der Waals surface area contributed by atoms with Gasteiger partial charge in [0.1, 0.15) is 0 Å². The van der Waals surface area contributed by atoms with E-state index in [1.165, 1.54) is 0 Å². The SMILES string of the molecule is C.CC(C)(C)C.CC=CC. The fourth-order valence-electron chi connectivity index (χ4n) is 0. The molecule has 0 heterocycles. The van der Waals surface area contributed by atoms with Crippen LogP contribution < -0.4 is 0 Å². The van der Waals surface area contributed by atoms with Crippen molar-refractivity contribution in [2.24, 2.45) is 5.41 Å². The van der Waals surface area contributed by atoms with Gasteiger partial charge in [0.25, 0.3) is 0 Å². The van der Waals surface area contributed by atoms with E-state index in [1.807, 2.05) is 26.0 Å². The van der Waals surface area contributed by atoms with Crippen molar-refractivity contribution in [2.75, 3.05) is 0 Å². The third-order valence-electron chi connectivity index (χ3n) is 0.333. The molecule has 0 unspecified atom stereocenters. The third kappa shape index (κ3) is 642. The highest BCUT2D eigenvalue weighted by atomic mass is 14.0. The van der Waals surface area contributed by atoms with E-state index in [1.54, 1.807) is 0 Å². The second kappa shape index (κ2) is 8.74. The van der Waals surface area contributed by atoms with Gasteiger partial charge in [-0.1, -0.05) is 47.3 Å². The minimum Gasteiger partial charge on any atom is -0.0919 e. The summed E-state index contributed by atoms with van der Waals surface area (Å²) in [6.07, 6.45) is 4.00. The van der Waals surface area contributed by atoms with Crippen molar-refractivity contribution in [3.8, 4) is 0 Å². The monoisotopic (exact) mass is 144 g/mol. The zero-order valence-corrected chi connectivity index (χ0v) is 7.65. The molecule has 0 radical (unpaired) electrons. The summed E-state index contributed by atoms with van der Waals surface area (Å²) in [6, 6.07) is 0. The van der Waals surface area contributed by atoms with Crippen LogP contribution in [0.1, 0.15) is 49.0 Å².